The summed E-state index contributed by atoms with van der Waals surface area (Å²) >= 11 is 6.05. The summed E-state index contributed by atoms with van der Waals surface area (Å²) in [4.78, 5) is 13.4. The lowest BCUT2D eigenvalue weighted by Crippen LogP contribution is -2.40. The molecule has 5 heteroatoms. The van der Waals surface area contributed by atoms with Gasteiger partial charge in [-0.2, -0.15) is 0 Å². The number of piperidine rings is 1. The average Bonchev–Trinajstić information content (AvgIpc) is 2.41. The molecule has 1 atom stereocenters. The van der Waals surface area contributed by atoms with Crippen molar-refractivity contribution in [3.8, 4) is 0 Å². The number of nitrogens with zero attached hydrogens (tertiary/aromatic N) is 1. The minimum atomic E-state index is -0.200. The third kappa shape index (κ3) is 3.95. The molecule has 110 valence electrons. The molecular formula is C15H22ClN3O. The van der Waals surface area contributed by atoms with Crippen LogP contribution >= 0.6 is 11.6 Å². The van der Waals surface area contributed by atoms with Gasteiger partial charge in [0.25, 0.3) is 0 Å². The Kier molecular flexibility index (Phi) is 5.40. The van der Waals surface area contributed by atoms with Gasteiger partial charge in [-0.3, -0.25) is 9.69 Å². The van der Waals surface area contributed by atoms with Crippen LogP contribution in [0.5, 0.6) is 0 Å². The Morgan fingerprint density at radius 3 is 2.65 bits per heavy atom. The molecule has 1 aliphatic rings. The first kappa shape index (κ1) is 15.3. The predicted molar refractivity (Wildman–Crippen MR) is 81.4 cm³/mol. The van der Waals surface area contributed by atoms with Crippen LogP contribution < -0.4 is 11.5 Å². The summed E-state index contributed by atoms with van der Waals surface area (Å²) in [7, 11) is 0. The zero-order valence-electron chi connectivity index (χ0n) is 11.6. The lowest BCUT2D eigenvalue weighted by molar-refractivity contribution is -0.119. The molecule has 1 amide bonds. The predicted octanol–water partition coefficient (Wildman–Crippen LogP) is 1.93. The minimum absolute atomic E-state index is 0.197. The molecule has 2 rings (SSSR count). The normalized spacial score (nSPS) is 18.9. The van der Waals surface area contributed by atoms with Crippen molar-refractivity contribution in [2.45, 2.75) is 25.3 Å². The second-order valence-corrected chi connectivity index (χ2v) is 5.89. The maximum absolute atomic E-state index is 11.0. The van der Waals surface area contributed by atoms with E-state index in [1.165, 1.54) is 0 Å². The molecule has 4 N–H and O–H groups in total. The van der Waals surface area contributed by atoms with Gasteiger partial charge in [-0.05, 0) is 49.5 Å². The largest absolute Gasteiger partial charge is 0.370 e. The number of carbonyl (C=O) groups is 1. The molecule has 0 bridgehead atoms. The average molecular weight is 296 g/mol. The Balaban J connectivity index is 1.98. The molecule has 1 fully saturated rings. The van der Waals surface area contributed by atoms with Crippen LogP contribution in [0.2, 0.25) is 5.02 Å². The molecule has 0 aliphatic carbocycles. The van der Waals surface area contributed by atoms with E-state index < -0.39 is 0 Å². The van der Waals surface area contributed by atoms with Gasteiger partial charge in [0, 0.05) is 24.0 Å². The number of hydrogen-bond acceptors (Lipinski definition) is 3. The number of likely N-dealkylation sites (tertiary alicyclic amines) is 1. The van der Waals surface area contributed by atoms with Gasteiger partial charge in [-0.1, -0.05) is 23.7 Å². The van der Waals surface area contributed by atoms with E-state index in [1.807, 2.05) is 18.2 Å². The highest BCUT2D eigenvalue weighted by Crippen LogP contribution is 2.28. The molecule has 1 aromatic carbocycles. The van der Waals surface area contributed by atoms with E-state index in [4.69, 9.17) is 23.1 Å². The minimum Gasteiger partial charge on any atom is -0.370 e. The highest BCUT2D eigenvalue weighted by atomic mass is 35.5. The smallest absolute Gasteiger partial charge is 0.217 e. The maximum atomic E-state index is 11.0. The van der Waals surface area contributed by atoms with Crippen LogP contribution in [0.15, 0.2) is 24.3 Å². The van der Waals surface area contributed by atoms with Crippen molar-refractivity contribution < 1.29 is 4.79 Å². The first-order valence-electron chi connectivity index (χ1n) is 7.08. The summed E-state index contributed by atoms with van der Waals surface area (Å²) < 4.78 is 0. The van der Waals surface area contributed by atoms with Crippen molar-refractivity contribution >= 4 is 17.5 Å². The molecule has 1 saturated heterocycles. The quantitative estimate of drug-likeness (QED) is 0.872. The third-order valence-corrected chi connectivity index (χ3v) is 4.27. The fourth-order valence-electron chi connectivity index (χ4n) is 2.96. The SMILES string of the molecule is NCC(c1cccc(Cl)c1)N1CCC(CC(N)=O)CC1. The van der Waals surface area contributed by atoms with Crippen molar-refractivity contribution in [1.29, 1.82) is 0 Å². The second kappa shape index (κ2) is 7.07. The van der Waals surface area contributed by atoms with Gasteiger partial charge in [-0.25, -0.2) is 0 Å². The topological polar surface area (TPSA) is 72.3 Å². The molecule has 1 aromatic rings. The van der Waals surface area contributed by atoms with Gasteiger partial charge < -0.3 is 11.5 Å². The van der Waals surface area contributed by atoms with Crippen LogP contribution in [-0.2, 0) is 4.79 Å². The van der Waals surface area contributed by atoms with E-state index >= 15 is 0 Å². The van der Waals surface area contributed by atoms with Crippen molar-refractivity contribution in [1.82, 2.24) is 4.90 Å². The summed E-state index contributed by atoms with van der Waals surface area (Å²) in [6.45, 7) is 2.47. The second-order valence-electron chi connectivity index (χ2n) is 5.46. The third-order valence-electron chi connectivity index (χ3n) is 4.04. The molecule has 0 spiro atoms. The monoisotopic (exact) mass is 295 g/mol. The number of amides is 1. The lowest BCUT2D eigenvalue weighted by Gasteiger charge is -2.37. The number of hydrogen-bond donors (Lipinski definition) is 2. The van der Waals surface area contributed by atoms with Crippen molar-refractivity contribution in [3.63, 3.8) is 0 Å². The number of nitrogens with two attached hydrogens (primary N) is 2. The Labute approximate surface area is 125 Å². The summed E-state index contributed by atoms with van der Waals surface area (Å²) in [5.41, 5.74) is 12.4. The fourth-order valence-corrected chi connectivity index (χ4v) is 3.16. The molecule has 1 heterocycles. The highest BCUT2D eigenvalue weighted by molar-refractivity contribution is 6.30. The van der Waals surface area contributed by atoms with Crippen molar-refractivity contribution in [3.05, 3.63) is 34.9 Å². The van der Waals surface area contributed by atoms with E-state index in [9.17, 15) is 4.79 Å². The number of rotatable bonds is 5. The van der Waals surface area contributed by atoms with Gasteiger partial charge in [0.15, 0.2) is 0 Å². The Morgan fingerprint density at radius 1 is 1.40 bits per heavy atom. The zero-order valence-corrected chi connectivity index (χ0v) is 12.4. The van der Waals surface area contributed by atoms with E-state index in [-0.39, 0.29) is 11.9 Å². The number of benzene rings is 1. The lowest BCUT2D eigenvalue weighted by atomic mass is 9.91. The van der Waals surface area contributed by atoms with Crippen LogP contribution in [0.1, 0.15) is 30.9 Å². The van der Waals surface area contributed by atoms with Crippen LogP contribution in [0.25, 0.3) is 0 Å². The summed E-state index contributed by atoms with van der Waals surface area (Å²) in [6, 6.07) is 8.08. The van der Waals surface area contributed by atoms with Gasteiger partial charge in [0.1, 0.15) is 0 Å². The number of carbonyl (C=O) groups excluding carboxylic acids is 1. The Bertz CT molecular complexity index is 458. The van der Waals surface area contributed by atoms with Crippen LogP contribution in [-0.4, -0.2) is 30.4 Å². The first-order chi connectivity index (χ1) is 9.60. The molecule has 4 nitrogen and oxygen atoms in total. The molecule has 0 radical (unpaired) electrons. The highest BCUT2D eigenvalue weighted by Gasteiger charge is 2.26. The number of halogens is 1. The van der Waals surface area contributed by atoms with E-state index in [0.29, 0.717) is 18.9 Å². The standard InChI is InChI=1S/C15H22ClN3O/c16-13-3-1-2-12(9-13)14(10-17)19-6-4-11(5-7-19)8-15(18)20/h1-3,9,11,14H,4-8,10,17H2,(H2,18,20). The van der Waals surface area contributed by atoms with Crippen molar-refractivity contribution in [2.75, 3.05) is 19.6 Å². The Morgan fingerprint density at radius 2 is 2.10 bits per heavy atom. The van der Waals surface area contributed by atoms with Crippen molar-refractivity contribution in [2.24, 2.45) is 17.4 Å². The maximum Gasteiger partial charge on any atom is 0.217 e. The van der Waals surface area contributed by atoms with Gasteiger partial charge in [-0.15, -0.1) is 0 Å². The summed E-state index contributed by atoms with van der Waals surface area (Å²) in [5.74, 6) is 0.218. The molecule has 1 aliphatic heterocycles. The molecular weight excluding hydrogens is 274 g/mol. The van der Waals surface area contributed by atoms with E-state index in [1.54, 1.807) is 0 Å². The zero-order chi connectivity index (χ0) is 14.5. The van der Waals surface area contributed by atoms with E-state index in [0.717, 1.165) is 36.5 Å². The van der Waals surface area contributed by atoms with Gasteiger partial charge >= 0.3 is 0 Å². The van der Waals surface area contributed by atoms with Crippen LogP contribution in [0.3, 0.4) is 0 Å². The number of primary amides is 1. The summed E-state index contributed by atoms with van der Waals surface area (Å²) in [6.07, 6.45) is 2.50. The first-order valence-corrected chi connectivity index (χ1v) is 7.46. The molecule has 0 aromatic heterocycles. The summed E-state index contributed by atoms with van der Waals surface area (Å²) in [5, 5.41) is 0.740. The van der Waals surface area contributed by atoms with E-state index in [2.05, 4.69) is 11.0 Å². The van der Waals surface area contributed by atoms with Crippen LogP contribution in [0, 0.1) is 5.92 Å². The Hall–Kier alpha value is -1.10. The molecule has 1 unspecified atom stereocenters. The molecule has 0 saturated carbocycles. The van der Waals surface area contributed by atoms with Crippen LogP contribution in [0.4, 0.5) is 0 Å². The van der Waals surface area contributed by atoms with Gasteiger partial charge in [0.2, 0.25) is 5.91 Å². The van der Waals surface area contributed by atoms with Gasteiger partial charge in [0.05, 0.1) is 0 Å². The fraction of sp³-hybridized carbons (Fsp3) is 0.533. The molecule has 20 heavy (non-hydrogen) atoms.